The van der Waals surface area contributed by atoms with Crippen LogP contribution in [0, 0.1) is 34.5 Å². The van der Waals surface area contributed by atoms with Gasteiger partial charge in [-0.05, 0) is 60.2 Å². The lowest BCUT2D eigenvalue weighted by molar-refractivity contribution is -0.130. The minimum absolute atomic E-state index is 0.00776. The molecule has 0 unspecified atom stereocenters. The average molecular weight is 351 g/mol. The fourth-order valence-electron chi connectivity index (χ4n) is 6.68. The summed E-state index contributed by atoms with van der Waals surface area (Å²) in [5.41, 5.74) is 0.371. The van der Waals surface area contributed by atoms with E-state index >= 15 is 0 Å². The topological polar surface area (TPSA) is 57.5 Å². The molecular weight excluding hydrogens is 324 g/mol. The predicted octanol–water partition coefficient (Wildman–Crippen LogP) is 3.09. The molecule has 0 aliphatic heterocycles. The van der Waals surface area contributed by atoms with E-state index in [9.17, 15) is 15.0 Å². The highest BCUT2D eigenvalue weighted by atomic mass is 35.5. The Hall–Kier alpha value is -0.640. The highest BCUT2D eigenvalue weighted by molar-refractivity contribution is 6.23. The molecule has 132 valence electrons. The number of aliphatic hydroxyl groups excluding tert-OH is 2. The first-order chi connectivity index (χ1) is 11.2. The third kappa shape index (κ3) is 2.01. The molecule has 4 aliphatic carbocycles. The Morgan fingerprint density at radius 2 is 1.96 bits per heavy atom. The Balaban J connectivity index is 1.79. The molecule has 0 amide bonds. The lowest BCUT2D eigenvalue weighted by atomic mass is 9.47. The van der Waals surface area contributed by atoms with Crippen molar-refractivity contribution in [2.45, 2.75) is 57.6 Å². The van der Waals surface area contributed by atoms with Gasteiger partial charge in [-0.25, -0.2) is 0 Å². The van der Waals surface area contributed by atoms with E-state index in [0.29, 0.717) is 12.3 Å². The lowest BCUT2D eigenvalue weighted by Gasteiger charge is -2.59. The number of ketones is 1. The summed E-state index contributed by atoms with van der Waals surface area (Å²) in [5, 5.41) is 21.6. The third-order valence-corrected chi connectivity index (χ3v) is 8.16. The molecule has 4 aliphatic rings. The Morgan fingerprint density at radius 3 is 2.67 bits per heavy atom. The first kappa shape index (κ1) is 16.8. The van der Waals surface area contributed by atoms with Crippen LogP contribution in [-0.4, -0.2) is 33.6 Å². The smallest absolute Gasteiger partial charge is 0.178 e. The highest BCUT2D eigenvalue weighted by Crippen LogP contribution is 2.65. The SMILES string of the molecule is C[C@@H]1C[C@H]2[C@@H]3C[C@H](Cl)C4=CC(=O)C=C[C@]4(C)[C@H]3[C@@H](O)C[C@]2(C)[C@@H]1O. The van der Waals surface area contributed by atoms with Crippen LogP contribution in [0.5, 0.6) is 0 Å². The quantitative estimate of drug-likeness (QED) is 0.660. The maximum atomic E-state index is 11.8. The van der Waals surface area contributed by atoms with Crippen molar-refractivity contribution < 1.29 is 15.0 Å². The molecule has 4 rings (SSSR count). The second-order valence-electron chi connectivity index (χ2n) is 9.05. The summed E-state index contributed by atoms with van der Waals surface area (Å²) < 4.78 is 0. The van der Waals surface area contributed by atoms with E-state index in [0.717, 1.165) is 18.4 Å². The Morgan fingerprint density at radius 1 is 1.25 bits per heavy atom. The van der Waals surface area contributed by atoms with Gasteiger partial charge in [-0.15, -0.1) is 11.6 Å². The van der Waals surface area contributed by atoms with Crippen LogP contribution in [-0.2, 0) is 4.79 Å². The van der Waals surface area contributed by atoms with E-state index in [2.05, 4.69) is 20.8 Å². The van der Waals surface area contributed by atoms with Gasteiger partial charge in [-0.2, -0.15) is 0 Å². The molecule has 0 heterocycles. The largest absolute Gasteiger partial charge is 0.393 e. The number of hydrogen-bond donors (Lipinski definition) is 2. The van der Waals surface area contributed by atoms with Crippen molar-refractivity contribution >= 4 is 17.4 Å². The molecular formula is C20H27ClO3. The van der Waals surface area contributed by atoms with Crippen molar-refractivity contribution in [3.05, 3.63) is 23.8 Å². The van der Waals surface area contributed by atoms with Crippen molar-refractivity contribution in [3.63, 3.8) is 0 Å². The molecule has 2 N–H and O–H groups in total. The first-order valence-electron chi connectivity index (χ1n) is 9.14. The maximum Gasteiger partial charge on any atom is 0.178 e. The van der Waals surface area contributed by atoms with Crippen LogP contribution in [0.3, 0.4) is 0 Å². The number of fused-ring (bicyclic) bond motifs is 5. The number of rotatable bonds is 0. The maximum absolute atomic E-state index is 11.8. The summed E-state index contributed by atoms with van der Waals surface area (Å²) in [7, 11) is 0. The van der Waals surface area contributed by atoms with Gasteiger partial charge in [0, 0.05) is 11.3 Å². The van der Waals surface area contributed by atoms with Gasteiger partial charge in [-0.1, -0.05) is 26.8 Å². The van der Waals surface area contributed by atoms with E-state index in [4.69, 9.17) is 11.6 Å². The molecule has 3 fully saturated rings. The minimum Gasteiger partial charge on any atom is -0.393 e. The standard InChI is InChI=1S/C20H27ClO3/c1-10-6-13-12-8-15(21)14-7-11(22)4-5-19(14,2)17(12)16(23)9-20(13,3)18(10)24/h4-5,7,10,12-13,15-18,23-24H,6,8-9H2,1-3H3/t10-,12+,13+,15+,16+,17-,18-,19+,20+/m1/s1. The molecule has 9 atom stereocenters. The predicted molar refractivity (Wildman–Crippen MR) is 93.6 cm³/mol. The monoisotopic (exact) mass is 350 g/mol. The van der Waals surface area contributed by atoms with Gasteiger partial charge in [0.25, 0.3) is 0 Å². The zero-order chi connectivity index (χ0) is 17.4. The normalized spacial score (nSPS) is 56.3. The van der Waals surface area contributed by atoms with E-state index in [1.807, 2.05) is 6.08 Å². The van der Waals surface area contributed by atoms with Crippen molar-refractivity contribution in [1.82, 2.24) is 0 Å². The number of alkyl halides is 1. The van der Waals surface area contributed by atoms with Gasteiger partial charge in [0.2, 0.25) is 0 Å². The lowest BCUT2D eigenvalue weighted by Crippen LogP contribution is -2.58. The Labute approximate surface area is 148 Å². The molecule has 24 heavy (non-hydrogen) atoms. The van der Waals surface area contributed by atoms with E-state index in [-0.39, 0.29) is 45.8 Å². The van der Waals surface area contributed by atoms with Gasteiger partial charge < -0.3 is 10.2 Å². The van der Waals surface area contributed by atoms with Crippen molar-refractivity contribution in [2.75, 3.05) is 0 Å². The molecule has 0 aromatic carbocycles. The second kappa shape index (κ2) is 5.18. The van der Waals surface area contributed by atoms with E-state index < -0.39 is 6.10 Å². The highest BCUT2D eigenvalue weighted by Gasteiger charge is 2.64. The molecule has 3 nitrogen and oxygen atoms in total. The second-order valence-corrected chi connectivity index (χ2v) is 9.58. The summed E-state index contributed by atoms with van der Waals surface area (Å²) in [5.74, 6) is 0.973. The fraction of sp³-hybridized carbons (Fsp3) is 0.750. The molecule has 4 heteroatoms. The number of aliphatic hydroxyl groups is 2. The molecule has 0 aromatic rings. The first-order valence-corrected chi connectivity index (χ1v) is 9.57. The van der Waals surface area contributed by atoms with Gasteiger partial charge in [-0.3, -0.25) is 4.79 Å². The van der Waals surface area contributed by atoms with Crippen LogP contribution in [0.25, 0.3) is 0 Å². The van der Waals surface area contributed by atoms with Crippen molar-refractivity contribution in [3.8, 4) is 0 Å². The number of hydrogen-bond acceptors (Lipinski definition) is 3. The average Bonchev–Trinajstić information content (AvgIpc) is 2.72. The van der Waals surface area contributed by atoms with E-state index in [1.54, 1.807) is 12.2 Å². The van der Waals surface area contributed by atoms with E-state index in [1.165, 1.54) is 0 Å². The summed E-state index contributed by atoms with van der Waals surface area (Å²) in [6, 6.07) is 0. The van der Waals surface area contributed by atoms with Crippen LogP contribution in [0.2, 0.25) is 0 Å². The molecule has 0 radical (unpaired) electrons. The zero-order valence-corrected chi connectivity index (χ0v) is 15.3. The molecule has 3 saturated carbocycles. The van der Waals surface area contributed by atoms with Crippen molar-refractivity contribution in [1.29, 1.82) is 0 Å². The molecule has 0 aromatic heterocycles. The fourth-order valence-corrected chi connectivity index (χ4v) is 7.18. The zero-order valence-electron chi connectivity index (χ0n) is 14.6. The molecule has 0 saturated heterocycles. The third-order valence-electron chi connectivity index (χ3n) is 7.75. The molecule has 0 spiro atoms. The number of carbonyl (C=O) groups is 1. The number of carbonyl (C=O) groups excluding carboxylic acids is 1. The molecule has 0 bridgehead atoms. The Bertz CT molecular complexity index is 641. The van der Waals surface area contributed by atoms with Gasteiger partial charge >= 0.3 is 0 Å². The van der Waals surface area contributed by atoms with Crippen LogP contribution in [0.4, 0.5) is 0 Å². The minimum atomic E-state index is -0.480. The summed E-state index contributed by atoms with van der Waals surface area (Å²) in [6.45, 7) is 6.37. The van der Waals surface area contributed by atoms with Gasteiger partial charge in [0.05, 0.1) is 17.6 Å². The van der Waals surface area contributed by atoms with Crippen LogP contribution in [0.1, 0.15) is 40.0 Å². The van der Waals surface area contributed by atoms with Crippen LogP contribution >= 0.6 is 11.6 Å². The van der Waals surface area contributed by atoms with Crippen LogP contribution < -0.4 is 0 Å². The Kier molecular flexibility index (Phi) is 3.63. The summed E-state index contributed by atoms with van der Waals surface area (Å²) in [4.78, 5) is 11.8. The van der Waals surface area contributed by atoms with Crippen LogP contribution in [0.15, 0.2) is 23.8 Å². The summed E-state index contributed by atoms with van der Waals surface area (Å²) in [6.07, 6.45) is 6.84. The van der Waals surface area contributed by atoms with Gasteiger partial charge in [0.15, 0.2) is 5.78 Å². The summed E-state index contributed by atoms with van der Waals surface area (Å²) >= 11 is 6.72. The number of halogens is 1. The van der Waals surface area contributed by atoms with Gasteiger partial charge in [0.1, 0.15) is 0 Å². The van der Waals surface area contributed by atoms with Crippen molar-refractivity contribution in [2.24, 2.45) is 34.5 Å². The number of allylic oxidation sites excluding steroid dienone is 4.